The van der Waals surface area contributed by atoms with Crippen LogP contribution in [0.5, 0.6) is 5.75 Å². The first-order valence-electron chi connectivity index (χ1n) is 7.47. The molecule has 0 heterocycles. The minimum absolute atomic E-state index is 0.196. The van der Waals surface area contributed by atoms with Crippen molar-refractivity contribution >= 4 is 12.0 Å². The summed E-state index contributed by atoms with van der Waals surface area (Å²) < 4.78 is 5.22. The molecule has 2 rings (SSSR count). The number of hydrogen-bond acceptors (Lipinski definition) is 3. The van der Waals surface area contributed by atoms with Gasteiger partial charge in [-0.05, 0) is 30.9 Å². The monoisotopic (exact) mass is 289 g/mol. The van der Waals surface area contributed by atoms with Gasteiger partial charge in [0.2, 0.25) is 5.91 Å². The van der Waals surface area contributed by atoms with E-state index < -0.39 is 6.10 Å². The Morgan fingerprint density at radius 3 is 2.86 bits per heavy atom. The van der Waals surface area contributed by atoms with Crippen molar-refractivity contribution in [1.82, 2.24) is 5.32 Å². The van der Waals surface area contributed by atoms with Crippen molar-refractivity contribution in [2.75, 3.05) is 13.7 Å². The molecule has 1 aliphatic rings. The number of carbonyl (C=O) groups excluding carboxylic acids is 1. The third kappa shape index (κ3) is 4.60. The van der Waals surface area contributed by atoms with Crippen LogP contribution >= 0.6 is 0 Å². The summed E-state index contributed by atoms with van der Waals surface area (Å²) in [6.45, 7) is 0.319. The van der Waals surface area contributed by atoms with Crippen LogP contribution in [0, 0.1) is 5.92 Å². The number of aliphatic hydroxyl groups excluding tert-OH is 1. The molecule has 1 aromatic carbocycles. The zero-order chi connectivity index (χ0) is 15.1. The van der Waals surface area contributed by atoms with E-state index in [1.807, 2.05) is 24.3 Å². The summed E-state index contributed by atoms with van der Waals surface area (Å²) in [5.41, 5.74) is 0.853. The minimum atomic E-state index is -0.434. The quantitative estimate of drug-likeness (QED) is 0.791. The van der Waals surface area contributed by atoms with Gasteiger partial charge in [-0.2, -0.15) is 0 Å². The average molecular weight is 289 g/mol. The van der Waals surface area contributed by atoms with Gasteiger partial charge in [0.25, 0.3) is 0 Å². The second-order valence-corrected chi connectivity index (χ2v) is 5.43. The molecule has 1 saturated carbocycles. The van der Waals surface area contributed by atoms with Gasteiger partial charge in [0.05, 0.1) is 13.2 Å². The molecule has 1 aromatic rings. The molecular weight excluding hydrogens is 266 g/mol. The van der Waals surface area contributed by atoms with Crippen LogP contribution in [0.1, 0.15) is 31.2 Å². The first-order valence-corrected chi connectivity index (χ1v) is 7.47. The third-order valence-electron chi connectivity index (χ3n) is 3.98. The van der Waals surface area contributed by atoms with Crippen LogP contribution in [0.25, 0.3) is 6.08 Å². The Morgan fingerprint density at radius 1 is 1.43 bits per heavy atom. The molecule has 114 valence electrons. The molecule has 21 heavy (non-hydrogen) atoms. The summed E-state index contributed by atoms with van der Waals surface area (Å²) in [6, 6.07) is 7.51. The molecule has 0 saturated heterocycles. The molecule has 4 heteroatoms. The smallest absolute Gasteiger partial charge is 0.244 e. The van der Waals surface area contributed by atoms with E-state index in [0.29, 0.717) is 12.5 Å². The summed E-state index contributed by atoms with van der Waals surface area (Å²) in [6.07, 6.45) is 7.25. The molecular formula is C17H23NO3. The number of amides is 1. The summed E-state index contributed by atoms with van der Waals surface area (Å²) in [7, 11) is 1.60. The average Bonchev–Trinajstić information content (AvgIpc) is 3.05. The van der Waals surface area contributed by atoms with E-state index in [-0.39, 0.29) is 5.91 Å². The first kappa shape index (κ1) is 15.6. The van der Waals surface area contributed by atoms with Crippen LogP contribution in [-0.4, -0.2) is 30.8 Å². The molecule has 0 aromatic heterocycles. The Kier molecular flexibility index (Phi) is 5.81. The van der Waals surface area contributed by atoms with E-state index in [1.54, 1.807) is 13.2 Å². The Labute approximate surface area is 125 Å². The van der Waals surface area contributed by atoms with Gasteiger partial charge in [0, 0.05) is 18.2 Å². The highest BCUT2D eigenvalue weighted by Gasteiger charge is 2.22. The number of para-hydroxylation sites is 1. The Hall–Kier alpha value is -1.81. The number of rotatable bonds is 6. The van der Waals surface area contributed by atoms with E-state index in [4.69, 9.17) is 4.74 Å². The lowest BCUT2D eigenvalue weighted by Gasteiger charge is -2.17. The molecule has 4 nitrogen and oxygen atoms in total. The van der Waals surface area contributed by atoms with Crippen LogP contribution < -0.4 is 10.1 Å². The SMILES string of the molecule is COc1ccccc1/C=C/C(=O)NCC(O)C1CCCC1. The number of methoxy groups -OCH3 is 1. The van der Waals surface area contributed by atoms with Gasteiger partial charge in [0.15, 0.2) is 0 Å². The van der Waals surface area contributed by atoms with Gasteiger partial charge in [0.1, 0.15) is 5.75 Å². The second-order valence-electron chi connectivity index (χ2n) is 5.43. The van der Waals surface area contributed by atoms with Gasteiger partial charge in [-0.3, -0.25) is 4.79 Å². The number of hydrogen-bond donors (Lipinski definition) is 2. The highest BCUT2D eigenvalue weighted by molar-refractivity contribution is 5.92. The van der Waals surface area contributed by atoms with Crippen LogP contribution in [0.4, 0.5) is 0 Å². The van der Waals surface area contributed by atoms with Crippen molar-refractivity contribution in [3.8, 4) is 5.75 Å². The fourth-order valence-electron chi connectivity index (χ4n) is 2.74. The Balaban J connectivity index is 1.82. The molecule has 0 aliphatic heterocycles. The van der Waals surface area contributed by atoms with Gasteiger partial charge in [-0.1, -0.05) is 31.0 Å². The van der Waals surface area contributed by atoms with Gasteiger partial charge in [-0.25, -0.2) is 0 Å². The van der Waals surface area contributed by atoms with Crippen LogP contribution in [0.3, 0.4) is 0 Å². The first-order chi connectivity index (χ1) is 10.2. The summed E-state index contributed by atoms with van der Waals surface area (Å²) >= 11 is 0. The molecule has 1 fully saturated rings. The largest absolute Gasteiger partial charge is 0.496 e. The predicted octanol–water partition coefficient (Wildman–Crippen LogP) is 2.38. The molecule has 1 aliphatic carbocycles. The van der Waals surface area contributed by atoms with Crippen molar-refractivity contribution in [3.05, 3.63) is 35.9 Å². The fourth-order valence-corrected chi connectivity index (χ4v) is 2.74. The van der Waals surface area contributed by atoms with Crippen molar-refractivity contribution in [3.63, 3.8) is 0 Å². The third-order valence-corrected chi connectivity index (χ3v) is 3.98. The Bertz CT molecular complexity index is 493. The molecule has 0 spiro atoms. The standard InChI is InChI=1S/C17H23NO3/c1-21-16-9-5-4-8-14(16)10-11-17(20)18-12-15(19)13-6-2-3-7-13/h4-5,8-11,13,15,19H,2-3,6-7,12H2,1H3,(H,18,20)/b11-10+. The number of benzene rings is 1. The maximum absolute atomic E-state index is 11.8. The van der Waals surface area contributed by atoms with Gasteiger partial charge < -0.3 is 15.2 Å². The van der Waals surface area contributed by atoms with E-state index >= 15 is 0 Å². The molecule has 0 radical (unpaired) electrons. The van der Waals surface area contributed by atoms with Crippen molar-refractivity contribution < 1.29 is 14.6 Å². The summed E-state index contributed by atoms with van der Waals surface area (Å²) in [5, 5.41) is 12.8. The van der Waals surface area contributed by atoms with Crippen molar-refractivity contribution in [1.29, 1.82) is 0 Å². The number of nitrogens with one attached hydrogen (secondary N) is 1. The Morgan fingerprint density at radius 2 is 2.14 bits per heavy atom. The molecule has 1 unspecified atom stereocenters. The van der Waals surface area contributed by atoms with E-state index in [1.165, 1.54) is 18.9 Å². The normalized spacial score (nSPS) is 17.0. The molecule has 1 atom stereocenters. The van der Waals surface area contributed by atoms with Crippen LogP contribution in [-0.2, 0) is 4.79 Å². The van der Waals surface area contributed by atoms with Crippen LogP contribution in [0.15, 0.2) is 30.3 Å². The summed E-state index contributed by atoms with van der Waals surface area (Å²) in [5.74, 6) is 0.869. The number of carbonyl (C=O) groups is 1. The van der Waals surface area contributed by atoms with Gasteiger partial charge >= 0.3 is 0 Å². The lowest BCUT2D eigenvalue weighted by atomic mass is 10.0. The molecule has 1 amide bonds. The highest BCUT2D eigenvalue weighted by Crippen LogP contribution is 2.27. The lowest BCUT2D eigenvalue weighted by Crippen LogP contribution is -2.34. The topological polar surface area (TPSA) is 58.6 Å². The summed E-state index contributed by atoms with van der Waals surface area (Å²) in [4.78, 5) is 11.8. The number of aliphatic hydroxyl groups is 1. The highest BCUT2D eigenvalue weighted by atomic mass is 16.5. The molecule has 2 N–H and O–H groups in total. The maximum atomic E-state index is 11.8. The number of ether oxygens (including phenoxy) is 1. The zero-order valence-corrected chi connectivity index (χ0v) is 12.4. The minimum Gasteiger partial charge on any atom is -0.496 e. The lowest BCUT2D eigenvalue weighted by molar-refractivity contribution is -0.117. The van der Waals surface area contributed by atoms with E-state index in [0.717, 1.165) is 24.2 Å². The van der Waals surface area contributed by atoms with Crippen molar-refractivity contribution in [2.45, 2.75) is 31.8 Å². The predicted molar refractivity (Wildman–Crippen MR) is 83.0 cm³/mol. The fraction of sp³-hybridized carbons (Fsp3) is 0.471. The van der Waals surface area contributed by atoms with Gasteiger partial charge in [-0.15, -0.1) is 0 Å². The van der Waals surface area contributed by atoms with Crippen molar-refractivity contribution in [2.24, 2.45) is 5.92 Å². The molecule has 0 bridgehead atoms. The van der Waals surface area contributed by atoms with E-state index in [9.17, 15) is 9.90 Å². The maximum Gasteiger partial charge on any atom is 0.244 e. The van der Waals surface area contributed by atoms with E-state index in [2.05, 4.69) is 5.32 Å². The zero-order valence-electron chi connectivity index (χ0n) is 12.4. The van der Waals surface area contributed by atoms with Crippen LogP contribution in [0.2, 0.25) is 0 Å². The second kappa shape index (κ2) is 7.84.